The van der Waals surface area contributed by atoms with Crippen molar-refractivity contribution in [2.45, 2.75) is 3.79 Å². The minimum atomic E-state index is -4.18. The zero-order chi connectivity index (χ0) is 7.71. The van der Waals surface area contributed by atoms with Crippen molar-refractivity contribution in [2.24, 2.45) is 0 Å². The largest absolute Gasteiger partial charge is 0.329 e. The van der Waals surface area contributed by atoms with Gasteiger partial charge in [0.05, 0.1) is 6.16 Å². The lowest BCUT2D eigenvalue weighted by atomic mass is 10.9. The van der Waals surface area contributed by atoms with Crippen LogP contribution in [0.15, 0.2) is 0 Å². The number of hydrogen-bond donors (Lipinski definition) is 2. The molecule has 56 valence electrons. The lowest BCUT2D eigenvalue weighted by molar-refractivity contribution is 0.373. The Morgan fingerprint density at radius 1 is 1.33 bits per heavy atom. The summed E-state index contributed by atoms with van der Waals surface area (Å²) in [5, 5.41) is 0. The second-order valence-electron chi connectivity index (χ2n) is 1.44. The van der Waals surface area contributed by atoms with Crippen LogP contribution in [0.5, 0.6) is 0 Å². The molecular formula is C2H4Cl3O3P. The second-order valence-corrected chi connectivity index (χ2v) is 5.60. The third-order valence-corrected chi connectivity index (χ3v) is 2.23. The third kappa shape index (κ3) is 9.02. The molecule has 9 heavy (non-hydrogen) atoms. The number of alkyl halides is 3. The molecule has 0 unspecified atom stereocenters. The Hall–Kier alpha value is 1.02. The van der Waals surface area contributed by atoms with Gasteiger partial charge in [0, 0.05) is 0 Å². The Labute approximate surface area is 67.1 Å². The van der Waals surface area contributed by atoms with E-state index in [9.17, 15) is 4.57 Å². The zero-order valence-electron chi connectivity index (χ0n) is 4.09. The molecule has 0 aromatic heterocycles. The maximum atomic E-state index is 10.1. The van der Waals surface area contributed by atoms with Gasteiger partial charge in [-0.15, -0.1) is 0 Å². The third-order valence-electron chi connectivity index (χ3n) is 0.385. The summed E-state index contributed by atoms with van der Waals surface area (Å²) in [5.74, 6) is 0. The monoisotopic (exact) mass is 212 g/mol. The van der Waals surface area contributed by atoms with E-state index in [0.717, 1.165) is 0 Å². The Kier molecular flexibility index (Phi) is 3.29. The van der Waals surface area contributed by atoms with Gasteiger partial charge in [0.2, 0.25) is 3.79 Å². The first-order valence-electron chi connectivity index (χ1n) is 1.82. The van der Waals surface area contributed by atoms with E-state index < -0.39 is 17.6 Å². The van der Waals surface area contributed by atoms with Crippen molar-refractivity contribution in [1.29, 1.82) is 0 Å². The molecule has 0 saturated carbocycles. The number of rotatable bonds is 1. The normalized spacial score (nSPS) is 13.9. The standard InChI is InChI=1S/C2H4Cl3O3P/c3-2(4,5)1-9(6,7)8/h1H2,(H2,6,7,8). The van der Waals surface area contributed by atoms with E-state index in [0.29, 0.717) is 0 Å². The van der Waals surface area contributed by atoms with E-state index >= 15 is 0 Å². The quantitative estimate of drug-likeness (QED) is 0.513. The Morgan fingerprint density at radius 2 is 1.67 bits per heavy atom. The number of halogens is 3. The van der Waals surface area contributed by atoms with Crippen molar-refractivity contribution in [3.63, 3.8) is 0 Å². The fourth-order valence-electron chi connectivity index (χ4n) is 0.234. The average Bonchev–Trinajstić information content (AvgIpc) is 1.14. The molecule has 0 aliphatic heterocycles. The lowest BCUT2D eigenvalue weighted by Crippen LogP contribution is -2.08. The van der Waals surface area contributed by atoms with Crippen LogP contribution in [-0.4, -0.2) is 19.7 Å². The van der Waals surface area contributed by atoms with Gasteiger partial charge in [0.1, 0.15) is 0 Å². The van der Waals surface area contributed by atoms with Crippen LogP contribution < -0.4 is 0 Å². The highest BCUT2D eigenvalue weighted by molar-refractivity contribution is 7.52. The summed E-state index contributed by atoms with van der Waals surface area (Å²) in [6.45, 7) is 0. The van der Waals surface area contributed by atoms with Crippen LogP contribution in [0.3, 0.4) is 0 Å². The van der Waals surface area contributed by atoms with Gasteiger partial charge < -0.3 is 9.79 Å². The molecule has 0 heterocycles. The molecule has 0 amide bonds. The number of hydrogen-bond acceptors (Lipinski definition) is 1. The fourth-order valence-corrected chi connectivity index (χ4v) is 2.10. The maximum absolute atomic E-state index is 10.1. The molecule has 0 aromatic rings. The minimum Gasteiger partial charge on any atom is -0.324 e. The highest BCUT2D eigenvalue weighted by Gasteiger charge is 2.30. The van der Waals surface area contributed by atoms with E-state index in [1.54, 1.807) is 0 Å². The van der Waals surface area contributed by atoms with Gasteiger partial charge in [0.15, 0.2) is 0 Å². The van der Waals surface area contributed by atoms with E-state index in [4.69, 9.17) is 44.6 Å². The smallest absolute Gasteiger partial charge is 0.324 e. The van der Waals surface area contributed by atoms with Crippen LogP contribution in [0.25, 0.3) is 0 Å². The predicted molar refractivity (Wildman–Crippen MR) is 37.2 cm³/mol. The highest BCUT2D eigenvalue weighted by Crippen LogP contribution is 2.44. The average molecular weight is 213 g/mol. The zero-order valence-corrected chi connectivity index (χ0v) is 7.25. The van der Waals surface area contributed by atoms with Gasteiger partial charge in [-0.3, -0.25) is 4.57 Å². The Bertz CT molecular complexity index is 134. The summed E-state index contributed by atoms with van der Waals surface area (Å²) in [6.07, 6.45) is -0.745. The van der Waals surface area contributed by atoms with E-state index in [2.05, 4.69) is 0 Å². The van der Waals surface area contributed by atoms with Crippen LogP contribution >= 0.6 is 42.4 Å². The molecule has 0 aromatic carbocycles. The summed E-state index contributed by atoms with van der Waals surface area (Å²) < 4.78 is 8.23. The van der Waals surface area contributed by atoms with Crippen molar-refractivity contribution < 1.29 is 14.4 Å². The summed E-state index contributed by atoms with van der Waals surface area (Å²) in [4.78, 5) is 16.4. The van der Waals surface area contributed by atoms with Gasteiger partial charge in [-0.25, -0.2) is 0 Å². The predicted octanol–water partition coefficient (Wildman–Crippen LogP) is 1.53. The molecule has 0 spiro atoms. The van der Waals surface area contributed by atoms with Crippen molar-refractivity contribution in [3.8, 4) is 0 Å². The van der Waals surface area contributed by atoms with Gasteiger partial charge in [0.25, 0.3) is 0 Å². The Balaban J connectivity index is 3.90. The van der Waals surface area contributed by atoms with Crippen LogP contribution in [0.4, 0.5) is 0 Å². The van der Waals surface area contributed by atoms with Crippen LogP contribution in [0.1, 0.15) is 0 Å². The van der Waals surface area contributed by atoms with E-state index in [1.807, 2.05) is 0 Å². The SMILES string of the molecule is O=P(O)(O)CC(Cl)(Cl)Cl. The first-order chi connectivity index (χ1) is 3.71. The van der Waals surface area contributed by atoms with Crippen molar-refractivity contribution in [2.75, 3.05) is 6.16 Å². The molecule has 3 nitrogen and oxygen atoms in total. The van der Waals surface area contributed by atoms with Crippen LogP contribution in [0.2, 0.25) is 0 Å². The highest BCUT2D eigenvalue weighted by atomic mass is 35.6. The minimum absolute atomic E-state index is 0.745. The molecule has 0 rings (SSSR count). The molecule has 0 bridgehead atoms. The van der Waals surface area contributed by atoms with Gasteiger partial charge in [-0.1, -0.05) is 34.8 Å². The van der Waals surface area contributed by atoms with E-state index in [1.165, 1.54) is 0 Å². The van der Waals surface area contributed by atoms with Crippen LogP contribution in [0, 0.1) is 0 Å². The summed E-state index contributed by atoms with van der Waals surface area (Å²) in [7, 11) is -4.18. The summed E-state index contributed by atoms with van der Waals surface area (Å²) >= 11 is 15.2. The molecular weight excluding hydrogens is 209 g/mol. The summed E-state index contributed by atoms with van der Waals surface area (Å²) in [5.41, 5.74) is 0. The molecule has 0 fully saturated rings. The van der Waals surface area contributed by atoms with Crippen molar-refractivity contribution in [1.82, 2.24) is 0 Å². The van der Waals surface area contributed by atoms with E-state index in [-0.39, 0.29) is 0 Å². The van der Waals surface area contributed by atoms with Crippen molar-refractivity contribution >= 4 is 42.4 Å². The topological polar surface area (TPSA) is 57.5 Å². The van der Waals surface area contributed by atoms with Crippen LogP contribution in [-0.2, 0) is 4.57 Å². The maximum Gasteiger partial charge on any atom is 0.329 e. The lowest BCUT2D eigenvalue weighted by Gasteiger charge is -2.10. The van der Waals surface area contributed by atoms with Gasteiger partial charge >= 0.3 is 7.60 Å². The van der Waals surface area contributed by atoms with Gasteiger partial charge in [-0.2, -0.15) is 0 Å². The fraction of sp³-hybridized carbons (Fsp3) is 1.00. The molecule has 0 saturated heterocycles. The first kappa shape index (κ1) is 10.0. The second kappa shape index (κ2) is 2.95. The molecule has 0 atom stereocenters. The van der Waals surface area contributed by atoms with Gasteiger partial charge in [-0.05, 0) is 0 Å². The molecule has 0 aliphatic carbocycles. The molecule has 7 heteroatoms. The molecule has 2 N–H and O–H groups in total. The molecule has 0 radical (unpaired) electrons. The van der Waals surface area contributed by atoms with Crippen molar-refractivity contribution in [3.05, 3.63) is 0 Å². The first-order valence-corrected chi connectivity index (χ1v) is 4.75. The molecule has 0 aliphatic rings. The Morgan fingerprint density at radius 3 is 1.67 bits per heavy atom. The summed E-state index contributed by atoms with van der Waals surface area (Å²) in [6, 6.07) is 0.